The van der Waals surface area contributed by atoms with Crippen molar-refractivity contribution in [3.05, 3.63) is 0 Å². The molecule has 0 saturated carbocycles. The second kappa shape index (κ2) is 10.7. The number of carboxylic acids is 4. The molecule has 11 heteroatoms. The molecule has 0 aromatic rings. The predicted octanol–water partition coefficient (Wildman–Crippen LogP) is -1.50. The maximum Gasteiger partial charge on any atom is 0.317 e. The normalized spacial score (nSPS) is 11.9. The molecule has 0 spiro atoms. The van der Waals surface area contributed by atoms with E-state index in [9.17, 15) is 19.2 Å². The van der Waals surface area contributed by atoms with Gasteiger partial charge in [0.2, 0.25) is 0 Å². The average Bonchev–Trinajstić information content (AvgIpc) is 2.32. The number of nitrogens with zero attached hydrogens (tertiary/aromatic N) is 3. The first-order valence-electron chi connectivity index (χ1n) is 7.79. The van der Waals surface area contributed by atoms with Gasteiger partial charge in [-0.05, 0) is 14.1 Å². The first-order valence-corrected chi connectivity index (χ1v) is 7.79. The number of hydrogen-bond acceptors (Lipinski definition) is 7. The van der Waals surface area contributed by atoms with Crippen LogP contribution in [0.25, 0.3) is 0 Å². The minimum Gasteiger partial charge on any atom is -0.480 e. The lowest BCUT2D eigenvalue weighted by Gasteiger charge is -2.39. The van der Waals surface area contributed by atoms with Crippen LogP contribution in [0.4, 0.5) is 0 Å². The lowest BCUT2D eigenvalue weighted by molar-refractivity contribution is -0.143. The maximum absolute atomic E-state index is 11.0. The highest BCUT2D eigenvalue weighted by molar-refractivity contribution is 5.73. The summed E-state index contributed by atoms with van der Waals surface area (Å²) in [6.45, 7) is 0.221. The first-order chi connectivity index (χ1) is 11.8. The molecule has 0 unspecified atom stereocenters. The van der Waals surface area contributed by atoms with E-state index in [1.165, 1.54) is 9.80 Å². The van der Waals surface area contributed by atoms with Gasteiger partial charge < -0.3 is 25.3 Å². The Morgan fingerprint density at radius 2 is 0.923 bits per heavy atom. The van der Waals surface area contributed by atoms with Crippen molar-refractivity contribution in [2.75, 3.05) is 59.9 Å². The van der Waals surface area contributed by atoms with Crippen molar-refractivity contribution in [1.82, 2.24) is 14.7 Å². The van der Waals surface area contributed by atoms with Crippen molar-refractivity contribution in [2.45, 2.75) is 6.92 Å². The summed E-state index contributed by atoms with van der Waals surface area (Å²) in [6, 6.07) is 0. The molecule has 0 radical (unpaired) electrons. The zero-order valence-corrected chi connectivity index (χ0v) is 15.2. The van der Waals surface area contributed by atoms with E-state index in [4.69, 9.17) is 20.4 Å². The second-order valence-corrected chi connectivity index (χ2v) is 6.91. The van der Waals surface area contributed by atoms with E-state index in [1.807, 2.05) is 0 Å². The molecule has 0 aliphatic rings. The zero-order valence-electron chi connectivity index (χ0n) is 15.2. The predicted molar refractivity (Wildman–Crippen MR) is 90.1 cm³/mol. The van der Waals surface area contributed by atoms with Crippen LogP contribution in [-0.4, -0.2) is 119 Å². The lowest BCUT2D eigenvalue weighted by atomic mass is 9.88. The molecule has 0 atom stereocenters. The van der Waals surface area contributed by atoms with Crippen molar-refractivity contribution in [3.8, 4) is 0 Å². The highest BCUT2D eigenvalue weighted by Gasteiger charge is 2.33. The first kappa shape index (κ1) is 23.8. The molecule has 11 nitrogen and oxygen atoms in total. The van der Waals surface area contributed by atoms with Crippen LogP contribution in [0.15, 0.2) is 0 Å². The van der Waals surface area contributed by atoms with Gasteiger partial charge in [-0.25, -0.2) is 0 Å². The molecule has 0 fully saturated rings. The summed E-state index contributed by atoms with van der Waals surface area (Å²) in [7, 11) is 3.52. The van der Waals surface area contributed by atoms with Gasteiger partial charge >= 0.3 is 23.9 Å². The molecule has 26 heavy (non-hydrogen) atoms. The molecule has 0 aliphatic carbocycles. The summed E-state index contributed by atoms with van der Waals surface area (Å²) >= 11 is 0. The molecule has 0 aliphatic heterocycles. The van der Waals surface area contributed by atoms with Crippen LogP contribution in [0.1, 0.15) is 6.92 Å². The van der Waals surface area contributed by atoms with E-state index in [0.29, 0.717) is 6.54 Å². The number of carboxylic acid groups (broad SMARTS) is 4. The molecule has 0 rings (SSSR count). The second-order valence-electron chi connectivity index (χ2n) is 6.91. The molecule has 0 amide bonds. The Balaban J connectivity index is 5.45. The van der Waals surface area contributed by atoms with Crippen LogP contribution in [-0.2, 0) is 19.2 Å². The van der Waals surface area contributed by atoms with Crippen LogP contribution >= 0.6 is 0 Å². The smallest absolute Gasteiger partial charge is 0.317 e. The lowest BCUT2D eigenvalue weighted by Crippen LogP contribution is -2.52. The van der Waals surface area contributed by atoms with Gasteiger partial charge in [-0.1, -0.05) is 6.92 Å². The van der Waals surface area contributed by atoms with Crippen LogP contribution in [0.2, 0.25) is 0 Å². The monoisotopic (exact) mass is 377 g/mol. The van der Waals surface area contributed by atoms with E-state index >= 15 is 0 Å². The van der Waals surface area contributed by atoms with Gasteiger partial charge in [0, 0.05) is 25.0 Å². The van der Waals surface area contributed by atoms with Crippen molar-refractivity contribution in [1.29, 1.82) is 0 Å². The van der Waals surface area contributed by atoms with E-state index in [2.05, 4.69) is 0 Å². The average molecular weight is 377 g/mol. The summed E-state index contributed by atoms with van der Waals surface area (Å²) in [5.74, 6) is -4.75. The van der Waals surface area contributed by atoms with Gasteiger partial charge in [-0.15, -0.1) is 0 Å². The Bertz CT molecular complexity index is 453. The van der Waals surface area contributed by atoms with Crippen molar-refractivity contribution in [2.24, 2.45) is 5.41 Å². The minimum atomic E-state index is -1.19. The number of aliphatic carboxylic acids is 4. The van der Waals surface area contributed by atoms with Gasteiger partial charge in [0.15, 0.2) is 0 Å². The summed E-state index contributed by atoms with van der Waals surface area (Å²) in [5, 5.41) is 35.9. The fraction of sp³-hybridized carbons (Fsp3) is 0.733. The van der Waals surface area contributed by atoms with Crippen molar-refractivity contribution in [3.63, 3.8) is 0 Å². The van der Waals surface area contributed by atoms with E-state index in [1.54, 1.807) is 25.9 Å². The molecule has 150 valence electrons. The highest BCUT2D eigenvalue weighted by atomic mass is 16.4. The molecule has 0 saturated heterocycles. The third-order valence-corrected chi connectivity index (χ3v) is 3.34. The topological polar surface area (TPSA) is 159 Å². The summed E-state index contributed by atoms with van der Waals surface area (Å²) in [5.41, 5.74) is -0.765. The van der Waals surface area contributed by atoms with Gasteiger partial charge in [0.1, 0.15) is 0 Å². The molecular weight excluding hydrogens is 350 g/mol. The van der Waals surface area contributed by atoms with Gasteiger partial charge in [-0.3, -0.25) is 29.0 Å². The van der Waals surface area contributed by atoms with Crippen molar-refractivity contribution < 1.29 is 39.6 Å². The van der Waals surface area contributed by atoms with Crippen LogP contribution < -0.4 is 0 Å². The zero-order chi connectivity index (χ0) is 20.5. The van der Waals surface area contributed by atoms with Gasteiger partial charge in [0.05, 0.1) is 26.2 Å². The van der Waals surface area contributed by atoms with Crippen LogP contribution in [0.5, 0.6) is 0 Å². The summed E-state index contributed by atoms with van der Waals surface area (Å²) in [4.78, 5) is 48.3. The molecule has 0 heterocycles. The summed E-state index contributed by atoms with van der Waals surface area (Å²) in [6.07, 6.45) is 0. The third kappa shape index (κ3) is 11.3. The fourth-order valence-electron chi connectivity index (χ4n) is 3.09. The number of rotatable bonds is 14. The Morgan fingerprint density at radius 1 is 0.654 bits per heavy atom. The van der Waals surface area contributed by atoms with Crippen LogP contribution in [0, 0.1) is 5.41 Å². The molecule has 0 aromatic heterocycles. The maximum atomic E-state index is 11.0. The van der Waals surface area contributed by atoms with E-state index in [0.717, 1.165) is 0 Å². The summed E-state index contributed by atoms with van der Waals surface area (Å²) < 4.78 is 0. The van der Waals surface area contributed by atoms with E-state index < -0.39 is 55.5 Å². The molecule has 4 N–H and O–H groups in total. The Kier molecular flexibility index (Phi) is 9.76. The van der Waals surface area contributed by atoms with Crippen LogP contribution in [0.3, 0.4) is 0 Å². The number of carbonyl (C=O) groups is 4. The fourth-order valence-corrected chi connectivity index (χ4v) is 3.09. The molecular formula is C15H27N3O8. The van der Waals surface area contributed by atoms with E-state index in [-0.39, 0.29) is 13.1 Å². The third-order valence-electron chi connectivity index (χ3n) is 3.34. The SMILES string of the molecule is CN(C)CC(C)(CN(CC(=O)O)CC(=O)O)CN(CC(=O)O)CC(=O)O. The Morgan fingerprint density at radius 3 is 1.12 bits per heavy atom. The quantitative estimate of drug-likeness (QED) is 0.279. The number of hydrogen-bond donors (Lipinski definition) is 4. The van der Waals surface area contributed by atoms with Gasteiger partial charge in [0.25, 0.3) is 0 Å². The Hall–Kier alpha value is -2.24. The largest absolute Gasteiger partial charge is 0.480 e. The standard InChI is InChI=1S/C15H27N3O8/c1-15(8-16(2)3,9-17(4-11(19)20)5-12(21)22)10-18(6-13(23)24)7-14(25)26/h4-10H2,1-3H3,(H,19,20)(H,21,22)(H,23,24)(H,25,26). The Labute approximate surface area is 151 Å². The van der Waals surface area contributed by atoms with Gasteiger partial charge in [-0.2, -0.15) is 0 Å². The molecule has 0 bridgehead atoms. The molecule has 0 aromatic carbocycles. The minimum absolute atomic E-state index is 0.0412. The highest BCUT2D eigenvalue weighted by Crippen LogP contribution is 2.21. The van der Waals surface area contributed by atoms with Crippen molar-refractivity contribution >= 4 is 23.9 Å².